The van der Waals surface area contributed by atoms with Gasteiger partial charge in [-0.2, -0.15) is 0 Å². The van der Waals surface area contributed by atoms with Gasteiger partial charge < -0.3 is 9.80 Å². The highest BCUT2D eigenvalue weighted by molar-refractivity contribution is 7.91. The molecule has 1 fully saturated rings. The van der Waals surface area contributed by atoms with Gasteiger partial charge in [0.15, 0.2) is 9.84 Å². The third-order valence-electron chi connectivity index (χ3n) is 5.39. The van der Waals surface area contributed by atoms with Gasteiger partial charge in [0.25, 0.3) is 5.91 Å². The van der Waals surface area contributed by atoms with Crippen LogP contribution in [0.4, 0.5) is 5.82 Å². The van der Waals surface area contributed by atoms with Crippen molar-refractivity contribution >= 4 is 21.6 Å². The number of hydrogen-bond acceptors (Lipinski definition) is 6. The lowest BCUT2D eigenvalue weighted by Crippen LogP contribution is -2.38. The van der Waals surface area contributed by atoms with Crippen molar-refractivity contribution in [3.8, 4) is 0 Å². The molecule has 2 aliphatic rings. The van der Waals surface area contributed by atoms with E-state index in [1.807, 2.05) is 6.07 Å². The van der Waals surface area contributed by atoms with E-state index < -0.39 is 9.84 Å². The van der Waals surface area contributed by atoms with Gasteiger partial charge in [-0.1, -0.05) is 24.3 Å². The minimum Gasteiger partial charge on any atom is -0.351 e. The highest BCUT2D eigenvalue weighted by atomic mass is 32.2. The zero-order valence-electron chi connectivity index (χ0n) is 15.2. The summed E-state index contributed by atoms with van der Waals surface area (Å²) in [7, 11) is -1.41. The van der Waals surface area contributed by atoms with Crippen molar-refractivity contribution in [2.24, 2.45) is 0 Å². The SMILES string of the molecule is CN(C(=O)c1cnc(N2CCc3ccccc3C2)cn1)C1CCS(=O)(=O)C1. The van der Waals surface area contributed by atoms with Crippen LogP contribution in [-0.4, -0.2) is 60.3 Å². The lowest BCUT2D eigenvalue weighted by atomic mass is 10.0. The summed E-state index contributed by atoms with van der Waals surface area (Å²) in [4.78, 5) is 25.0. The molecule has 0 N–H and O–H groups in total. The number of carbonyl (C=O) groups excluding carboxylic acids is 1. The normalized spacial score (nSPS) is 20.9. The Morgan fingerprint density at radius 2 is 1.96 bits per heavy atom. The van der Waals surface area contributed by atoms with Crippen LogP contribution in [0.1, 0.15) is 28.0 Å². The fourth-order valence-corrected chi connectivity index (χ4v) is 5.49. The van der Waals surface area contributed by atoms with E-state index in [1.54, 1.807) is 13.2 Å². The molecule has 1 saturated heterocycles. The van der Waals surface area contributed by atoms with E-state index in [0.717, 1.165) is 25.3 Å². The first-order valence-corrected chi connectivity index (χ1v) is 10.9. The molecule has 7 nitrogen and oxygen atoms in total. The summed E-state index contributed by atoms with van der Waals surface area (Å²) in [6.07, 6.45) is 4.54. The van der Waals surface area contributed by atoms with Crippen LogP contribution >= 0.6 is 0 Å². The van der Waals surface area contributed by atoms with Crippen LogP contribution in [-0.2, 0) is 22.8 Å². The fourth-order valence-electron chi connectivity index (χ4n) is 3.71. The van der Waals surface area contributed by atoms with Crippen LogP contribution in [0.25, 0.3) is 0 Å². The number of amides is 1. The molecular formula is C19H22N4O3S. The summed E-state index contributed by atoms with van der Waals surface area (Å²) >= 11 is 0. The molecule has 0 saturated carbocycles. The standard InChI is InChI=1S/C19H22N4O3S/c1-22(16-7-9-27(25,26)13-16)19(24)17-10-21-18(11-20-17)23-8-6-14-4-2-3-5-15(14)12-23/h2-5,10-11,16H,6-9,12-13H2,1H3. The summed E-state index contributed by atoms with van der Waals surface area (Å²) in [5.74, 6) is 0.608. The smallest absolute Gasteiger partial charge is 0.274 e. The van der Waals surface area contributed by atoms with E-state index in [-0.39, 0.29) is 29.1 Å². The highest BCUT2D eigenvalue weighted by Crippen LogP contribution is 2.23. The Bertz CT molecular complexity index is 959. The van der Waals surface area contributed by atoms with Gasteiger partial charge in [-0.3, -0.25) is 4.79 Å². The average molecular weight is 386 g/mol. The fraction of sp³-hybridized carbons (Fsp3) is 0.421. The van der Waals surface area contributed by atoms with Gasteiger partial charge in [0, 0.05) is 26.2 Å². The Kier molecular flexibility index (Phi) is 4.59. The molecule has 1 aromatic heterocycles. The van der Waals surface area contributed by atoms with E-state index in [4.69, 9.17) is 0 Å². The number of carbonyl (C=O) groups is 1. The number of anilines is 1. The van der Waals surface area contributed by atoms with E-state index >= 15 is 0 Å². The van der Waals surface area contributed by atoms with Crippen molar-refractivity contribution in [2.75, 3.05) is 30.0 Å². The van der Waals surface area contributed by atoms with Gasteiger partial charge in [-0.25, -0.2) is 18.4 Å². The Balaban J connectivity index is 1.45. The molecule has 1 atom stereocenters. The average Bonchev–Trinajstić information content (AvgIpc) is 3.06. The molecule has 0 spiro atoms. The zero-order chi connectivity index (χ0) is 19.0. The summed E-state index contributed by atoms with van der Waals surface area (Å²) < 4.78 is 23.3. The van der Waals surface area contributed by atoms with Crippen molar-refractivity contribution < 1.29 is 13.2 Å². The van der Waals surface area contributed by atoms with Gasteiger partial charge in [0.2, 0.25) is 0 Å². The van der Waals surface area contributed by atoms with Crippen LogP contribution in [0.3, 0.4) is 0 Å². The largest absolute Gasteiger partial charge is 0.351 e. The predicted octanol–water partition coefficient (Wildman–Crippen LogP) is 1.30. The van der Waals surface area contributed by atoms with Gasteiger partial charge in [0.1, 0.15) is 11.5 Å². The molecular weight excluding hydrogens is 364 g/mol. The summed E-state index contributed by atoms with van der Waals surface area (Å²) in [6, 6.07) is 8.08. The molecule has 3 heterocycles. The third kappa shape index (κ3) is 3.66. The topological polar surface area (TPSA) is 83.5 Å². The molecule has 4 rings (SSSR count). The first-order valence-electron chi connectivity index (χ1n) is 9.04. The Labute approximate surface area is 159 Å². The van der Waals surface area contributed by atoms with Crippen molar-refractivity contribution in [2.45, 2.75) is 25.4 Å². The second-order valence-electron chi connectivity index (χ2n) is 7.17. The molecule has 1 amide bonds. The first kappa shape index (κ1) is 17.9. The molecule has 2 aromatic rings. The predicted molar refractivity (Wildman–Crippen MR) is 102 cm³/mol. The molecule has 1 unspecified atom stereocenters. The van der Waals surface area contributed by atoms with E-state index in [9.17, 15) is 13.2 Å². The van der Waals surface area contributed by atoms with E-state index in [2.05, 4.69) is 33.1 Å². The molecule has 2 aliphatic heterocycles. The van der Waals surface area contributed by atoms with Gasteiger partial charge in [-0.15, -0.1) is 0 Å². The molecule has 8 heteroatoms. The number of aromatic nitrogens is 2. The van der Waals surface area contributed by atoms with Crippen molar-refractivity contribution in [1.82, 2.24) is 14.9 Å². The maximum absolute atomic E-state index is 12.6. The Morgan fingerprint density at radius 3 is 2.63 bits per heavy atom. The number of sulfone groups is 1. The summed E-state index contributed by atoms with van der Waals surface area (Å²) in [6.45, 7) is 1.64. The van der Waals surface area contributed by atoms with Gasteiger partial charge in [-0.05, 0) is 24.0 Å². The number of fused-ring (bicyclic) bond motifs is 1. The van der Waals surface area contributed by atoms with Crippen LogP contribution in [0.5, 0.6) is 0 Å². The summed E-state index contributed by atoms with van der Waals surface area (Å²) in [5.41, 5.74) is 2.89. The number of hydrogen-bond donors (Lipinski definition) is 0. The zero-order valence-corrected chi connectivity index (χ0v) is 16.0. The van der Waals surface area contributed by atoms with Crippen LogP contribution in [0.2, 0.25) is 0 Å². The van der Waals surface area contributed by atoms with Crippen molar-refractivity contribution in [3.63, 3.8) is 0 Å². The minimum absolute atomic E-state index is 0.0218. The molecule has 0 radical (unpaired) electrons. The maximum Gasteiger partial charge on any atom is 0.274 e. The molecule has 142 valence electrons. The number of nitrogens with zero attached hydrogens (tertiary/aromatic N) is 4. The maximum atomic E-state index is 12.6. The number of rotatable bonds is 3. The minimum atomic E-state index is -3.04. The lowest BCUT2D eigenvalue weighted by molar-refractivity contribution is 0.0741. The lowest BCUT2D eigenvalue weighted by Gasteiger charge is -2.29. The van der Waals surface area contributed by atoms with Crippen LogP contribution in [0, 0.1) is 0 Å². The van der Waals surface area contributed by atoms with Crippen molar-refractivity contribution in [1.29, 1.82) is 0 Å². The third-order valence-corrected chi connectivity index (χ3v) is 7.14. The second-order valence-corrected chi connectivity index (χ2v) is 9.40. The van der Waals surface area contributed by atoms with E-state index in [1.165, 1.54) is 22.2 Å². The summed E-state index contributed by atoms with van der Waals surface area (Å²) in [5, 5.41) is 0. The monoisotopic (exact) mass is 386 g/mol. The van der Waals surface area contributed by atoms with Gasteiger partial charge >= 0.3 is 0 Å². The van der Waals surface area contributed by atoms with Crippen LogP contribution < -0.4 is 4.90 Å². The first-order chi connectivity index (χ1) is 12.9. The van der Waals surface area contributed by atoms with E-state index in [0.29, 0.717) is 6.42 Å². The van der Waals surface area contributed by atoms with Gasteiger partial charge in [0.05, 0.1) is 23.9 Å². The number of benzene rings is 1. The molecule has 27 heavy (non-hydrogen) atoms. The Hall–Kier alpha value is -2.48. The molecule has 0 bridgehead atoms. The van der Waals surface area contributed by atoms with Crippen molar-refractivity contribution in [3.05, 3.63) is 53.5 Å². The second kappa shape index (κ2) is 6.92. The highest BCUT2D eigenvalue weighted by Gasteiger charge is 2.33. The Morgan fingerprint density at radius 1 is 1.19 bits per heavy atom. The molecule has 0 aliphatic carbocycles. The van der Waals surface area contributed by atoms with Crippen LogP contribution in [0.15, 0.2) is 36.7 Å². The molecule has 1 aromatic carbocycles. The quantitative estimate of drug-likeness (QED) is 0.791.